The molecule has 3 nitrogen and oxygen atoms in total. The highest BCUT2D eigenvalue weighted by Crippen LogP contribution is 2.32. The molecule has 0 heterocycles. The van der Waals surface area contributed by atoms with Crippen molar-refractivity contribution in [2.24, 2.45) is 0 Å². The van der Waals surface area contributed by atoms with Crippen LogP contribution in [0.3, 0.4) is 0 Å². The third kappa shape index (κ3) is 1.99. The van der Waals surface area contributed by atoms with Gasteiger partial charge in [-0.25, -0.2) is 0 Å². The fourth-order valence-corrected chi connectivity index (χ4v) is 1.35. The summed E-state index contributed by atoms with van der Waals surface area (Å²) < 4.78 is 5.18. The van der Waals surface area contributed by atoms with Crippen LogP contribution in [-0.2, 0) is 0 Å². The van der Waals surface area contributed by atoms with Crippen LogP contribution in [0.2, 0.25) is 0 Å². The summed E-state index contributed by atoms with van der Waals surface area (Å²) in [6.07, 6.45) is 0. The first-order valence-corrected chi connectivity index (χ1v) is 4.58. The molecule has 1 rings (SSSR count). The molecule has 2 N–H and O–H groups in total. The van der Waals surface area contributed by atoms with E-state index in [9.17, 15) is 5.11 Å². The standard InChI is InChI=1S/C11H16O3/c1-7-4-11(14-3)9(5-10(7)13)8(2)6-12/h4-5,8,12-13H,6H2,1-3H3. The van der Waals surface area contributed by atoms with Gasteiger partial charge in [0.15, 0.2) is 0 Å². The van der Waals surface area contributed by atoms with Gasteiger partial charge in [-0.2, -0.15) is 0 Å². The first kappa shape index (κ1) is 10.9. The molecule has 0 fully saturated rings. The highest BCUT2D eigenvalue weighted by atomic mass is 16.5. The number of phenols is 1. The topological polar surface area (TPSA) is 49.7 Å². The largest absolute Gasteiger partial charge is 0.508 e. The predicted molar refractivity (Wildman–Crippen MR) is 54.9 cm³/mol. The number of ether oxygens (including phenoxy) is 1. The Labute approximate surface area is 84.0 Å². The van der Waals surface area contributed by atoms with Crippen LogP contribution >= 0.6 is 0 Å². The monoisotopic (exact) mass is 196 g/mol. The molecule has 1 aromatic rings. The minimum absolute atomic E-state index is 0.0311. The molecule has 0 aliphatic carbocycles. The fourth-order valence-electron chi connectivity index (χ4n) is 1.35. The van der Waals surface area contributed by atoms with E-state index in [-0.39, 0.29) is 18.3 Å². The van der Waals surface area contributed by atoms with Crippen LogP contribution in [0.1, 0.15) is 24.0 Å². The first-order chi connectivity index (χ1) is 6.60. The van der Waals surface area contributed by atoms with Gasteiger partial charge in [-0.05, 0) is 24.6 Å². The molecule has 0 aliphatic heterocycles. The number of hydrogen-bond acceptors (Lipinski definition) is 3. The molecule has 14 heavy (non-hydrogen) atoms. The van der Waals surface area contributed by atoms with Crippen molar-refractivity contribution in [3.05, 3.63) is 23.3 Å². The number of benzene rings is 1. The van der Waals surface area contributed by atoms with Gasteiger partial charge in [-0.15, -0.1) is 0 Å². The van der Waals surface area contributed by atoms with Gasteiger partial charge >= 0.3 is 0 Å². The molecular formula is C11H16O3. The molecule has 0 radical (unpaired) electrons. The van der Waals surface area contributed by atoms with Crippen LogP contribution in [-0.4, -0.2) is 23.9 Å². The Morgan fingerprint density at radius 1 is 1.43 bits per heavy atom. The summed E-state index contributed by atoms with van der Waals surface area (Å²) in [4.78, 5) is 0. The zero-order valence-corrected chi connectivity index (χ0v) is 8.74. The minimum atomic E-state index is -0.0311. The summed E-state index contributed by atoms with van der Waals surface area (Å²) in [5.41, 5.74) is 1.61. The Morgan fingerprint density at radius 3 is 2.57 bits per heavy atom. The van der Waals surface area contributed by atoms with E-state index in [0.29, 0.717) is 5.75 Å². The Hall–Kier alpha value is -1.22. The Balaban J connectivity index is 3.19. The third-order valence-electron chi connectivity index (χ3n) is 2.35. The van der Waals surface area contributed by atoms with E-state index < -0.39 is 0 Å². The molecule has 0 amide bonds. The third-order valence-corrected chi connectivity index (χ3v) is 2.35. The van der Waals surface area contributed by atoms with Crippen molar-refractivity contribution >= 4 is 0 Å². The van der Waals surface area contributed by atoms with Crippen molar-refractivity contribution in [1.82, 2.24) is 0 Å². The van der Waals surface area contributed by atoms with Crippen LogP contribution in [0.25, 0.3) is 0 Å². The van der Waals surface area contributed by atoms with Crippen LogP contribution in [0.4, 0.5) is 0 Å². The van der Waals surface area contributed by atoms with E-state index in [1.54, 1.807) is 19.2 Å². The van der Waals surface area contributed by atoms with Crippen molar-refractivity contribution in [1.29, 1.82) is 0 Å². The molecule has 0 aliphatic rings. The molecule has 0 aromatic heterocycles. The van der Waals surface area contributed by atoms with Gasteiger partial charge in [0.1, 0.15) is 11.5 Å². The Kier molecular flexibility index (Phi) is 3.36. The second-order valence-electron chi connectivity index (χ2n) is 3.46. The maximum Gasteiger partial charge on any atom is 0.122 e. The number of aromatic hydroxyl groups is 1. The van der Waals surface area contributed by atoms with E-state index in [4.69, 9.17) is 9.84 Å². The number of phenolic OH excluding ortho intramolecular Hbond substituents is 1. The predicted octanol–water partition coefficient (Wildman–Crippen LogP) is 1.81. The first-order valence-electron chi connectivity index (χ1n) is 4.58. The van der Waals surface area contributed by atoms with Gasteiger partial charge in [0, 0.05) is 18.1 Å². The van der Waals surface area contributed by atoms with Crippen LogP contribution in [0.15, 0.2) is 12.1 Å². The molecular weight excluding hydrogens is 180 g/mol. The van der Waals surface area contributed by atoms with E-state index >= 15 is 0 Å². The molecule has 0 spiro atoms. The minimum Gasteiger partial charge on any atom is -0.508 e. The maximum absolute atomic E-state index is 9.53. The lowest BCUT2D eigenvalue weighted by molar-refractivity contribution is 0.269. The molecule has 0 saturated carbocycles. The van der Waals surface area contributed by atoms with E-state index in [2.05, 4.69) is 0 Å². The van der Waals surface area contributed by atoms with E-state index in [1.165, 1.54) is 0 Å². The number of rotatable bonds is 3. The van der Waals surface area contributed by atoms with Gasteiger partial charge in [-0.3, -0.25) is 0 Å². The van der Waals surface area contributed by atoms with Gasteiger partial charge in [0.05, 0.1) is 7.11 Å². The van der Waals surface area contributed by atoms with Gasteiger partial charge in [0.25, 0.3) is 0 Å². The van der Waals surface area contributed by atoms with Crippen LogP contribution in [0.5, 0.6) is 11.5 Å². The van der Waals surface area contributed by atoms with Gasteiger partial charge < -0.3 is 14.9 Å². The summed E-state index contributed by atoms with van der Waals surface area (Å²) in [6.45, 7) is 3.73. The zero-order valence-electron chi connectivity index (χ0n) is 8.74. The highest BCUT2D eigenvalue weighted by molar-refractivity contribution is 5.46. The quantitative estimate of drug-likeness (QED) is 0.775. The summed E-state index contributed by atoms with van der Waals surface area (Å²) >= 11 is 0. The Morgan fingerprint density at radius 2 is 2.07 bits per heavy atom. The van der Waals surface area contributed by atoms with Crippen LogP contribution in [0, 0.1) is 6.92 Å². The number of aliphatic hydroxyl groups excluding tert-OH is 1. The lowest BCUT2D eigenvalue weighted by Crippen LogP contribution is -2.02. The average molecular weight is 196 g/mol. The average Bonchev–Trinajstić information content (AvgIpc) is 2.20. The van der Waals surface area contributed by atoms with Gasteiger partial charge in [0.2, 0.25) is 0 Å². The molecule has 78 valence electrons. The van der Waals surface area contributed by atoms with Crippen molar-refractivity contribution in [3.63, 3.8) is 0 Å². The second-order valence-corrected chi connectivity index (χ2v) is 3.46. The molecule has 3 heteroatoms. The van der Waals surface area contributed by atoms with E-state index in [0.717, 1.165) is 11.1 Å². The normalized spacial score (nSPS) is 12.6. The Bertz CT molecular complexity index is 321. The van der Waals surface area contributed by atoms with Crippen molar-refractivity contribution < 1.29 is 14.9 Å². The number of hydrogen-bond donors (Lipinski definition) is 2. The summed E-state index contributed by atoms with van der Waals surface area (Å²) in [5.74, 6) is 0.916. The SMILES string of the molecule is COc1cc(C)c(O)cc1C(C)CO. The number of methoxy groups -OCH3 is 1. The van der Waals surface area contributed by atoms with Crippen molar-refractivity contribution in [2.45, 2.75) is 19.8 Å². The molecule has 1 aromatic carbocycles. The lowest BCUT2D eigenvalue weighted by Gasteiger charge is -2.14. The summed E-state index contributed by atoms with van der Waals surface area (Å²) in [6, 6.07) is 3.42. The molecule has 0 bridgehead atoms. The molecule has 1 atom stereocenters. The smallest absolute Gasteiger partial charge is 0.122 e. The van der Waals surface area contributed by atoms with Gasteiger partial charge in [-0.1, -0.05) is 6.92 Å². The molecule has 1 unspecified atom stereocenters. The second kappa shape index (κ2) is 4.33. The maximum atomic E-state index is 9.53. The van der Waals surface area contributed by atoms with E-state index in [1.807, 2.05) is 13.8 Å². The van der Waals surface area contributed by atoms with Crippen molar-refractivity contribution in [3.8, 4) is 11.5 Å². The summed E-state index contributed by atoms with van der Waals surface area (Å²) in [5, 5.41) is 18.6. The lowest BCUT2D eigenvalue weighted by atomic mass is 9.99. The van der Waals surface area contributed by atoms with Crippen molar-refractivity contribution in [2.75, 3.05) is 13.7 Å². The zero-order chi connectivity index (χ0) is 10.7. The molecule has 0 saturated heterocycles. The number of aryl methyl sites for hydroxylation is 1. The highest BCUT2D eigenvalue weighted by Gasteiger charge is 2.12. The van der Waals surface area contributed by atoms with Crippen LogP contribution < -0.4 is 4.74 Å². The number of aliphatic hydroxyl groups is 1. The fraction of sp³-hybridized carbons (Fsp3) is 0.455. The summed E-state index contributed by atoms with van der Waals surface area (Å²) in [7, 11) is 1.58.